The Morgan fingerprint density at radius 1 is 0.947 bits per heavy atom. The highest BCUT2D eigenvalue weighted by Crippen LogP contribution is 2.11. The molecule has 1 heterocycles. The Bertz CT molecular complexity index is 315. The zero-order valence-electron chi connectivity index (χ0n) is 13.3. The second-order valence-electron chi connectivity index (χ2n) is 6.14. The third-order valence-corrected chi connectivity index (χ3v) is 3.81. The van der Waals surface area contributed by atoms with Gasteiger partial charge < -0.3 is 0 Å². The molecule has 1 aromatic rings. The van der Waals surface area contributed by atoms with E-state index in [4.69, 9.17) is 0 Å². The standard InChI is InChI=1S/C17H33N2/c1-4-18-14-15-19(16-18)13-11-9-7-5-6-8-10-12-17(2)3/h14-17H,4-13H2,1-3H3/q+1. The van der Waals surface area contributed by atoms with Gasteiger partial charge in [0, 0.05) is 0 Å². The lowest BCUT2D eigenvalue weighted by atomic mass is 10.0. The average Bonchev–Trinajstić information content (AvgIpc) is 2.84. The predicted molar refractivity (Wildman–Crippen MR) is 82.1 cm³/mol. The minimum absolute atomic E-state index is 0.882. The Morgan fingerprint density at radius 3 is 2.16 bits per heavy atom. The van der Waals surface area contributed by atoms with Crippen LogP contribution in [0.1, 0.15) is 72.1 Å². The van der Waals surface area contributed by atoms with Gasteiger partial charge in [-0.05, 0) is 25.7 Å². The number of nitrogens with zero attached hydrogens (tertiary/aromatic N) is 2. The first-order valence-electron chi connectivity index (χ1n) is 8.27. The molecule has 0 saturated carbocycles. The van der Waals surface area contributed by atoms with Gasteiger partial charge in [-0.25, -0.2) is 9.13 Å². The van der Waals surface area contributed by atoms with Crippen LogP contribution in [0.4, 0.5) is 0 Å². The molecule has 0 saturated heterocycles. The lowest BCUT2D eigenvalue weighted by Crippen LogP contribution is -2.30. The Kier molecular flexibility index (Phi) is 8.61. The van der Waals surface area contributed by atoms with Crippen molar-refractivity contribution in [2.24, 2.45) is 5.92 Å². The fourth-order valence-corrected chi connectivity index (χ4v) is 2.49. The van der Waals surface area contributed by atoms with Gasteiger partial charge in [-0.3, -0.25) is 0 Å². The molecule has 0 aliphatic carbocycles. The molecule has 2 heteroatoms. The van der Waals surface area contributed by atoms with E-state index in [0.717, 1.165) is 12.5 Å². The predicted octanol–water partition coefficient (Wildman–Crippen LogP) is 4.57. The number of unbranched alkanes of at least 4 members (excludes halogenated alkanes) is 6. The van der Waals surface area contributed by atoms with Crippen LogP contribution in [-0.2, 0) is 13.1 Å². The number of aryl methyl sites for hydroxylation is 2. The second kappa shape index (κ2) is 10.1. The van der Waals surface area contributed by atoms with E-state index in [2.05, 4.69) is 48.6 Å². The summed E-state index contributed by atoms with van der Waals surface area (Å²) in [6.45, 7) is 9.08. The maximum absolute atomic E-state index is 2.32. The summed E-state index contributed by atoms with van der Waals surface area (Å²) in [5.41, 5.74) is 0. The normalized spacial score (nSPS) is 11.4. The van der Waals surface area contributed by atoms with E-state index in [1.165, 1.54) is 57.9 Å². The largest absolute Gasteiger partial charge is 0.243 e. The van der Waals surface area contributed by atoms with Crippen molar-refractivity contribution < 1.29 is 4.57 Å². The molecule has 0 spiro atoms. The van der Waals surface area contributed by atoms with E-state index < -0.39 is 0 Å². The second-order valence-corrected chi connectivity index (χ2v) is 6.14. The molecule has 0 N–H and O–H groups in total. The summed E-state index contributed by atoms with van der Waals surface area (Å²) in [6.07, 6.45) is 17.8. The average molecular weight is 265 g/mol. The molecule has 0 bridgehead atoms. The van der Waals surface area contributed by atoms with Gasteiger partial charge in [0.1, 0.15) is 12.4 Å². The summed E-state index contributed by atoms with van der Waals surface area (Å²) in [5, 5.41) is 0. The first-order valence-corrected chi connectivity index (χ1v) is 8.27. The zero-order valence-corrected chi connectivity index (χ0v) is 13.3. The van der Waals surface area contributed by atoms with Crippen LogP contribution in [0.25, 0.3) is 0 Å². The monoisotopic (exact) mass is 265 g/mol. The first kappa shape index (κ1) is 16.3. The van der Waals surface area contributed by atoms with Gasteiger partial charge in [-0.2, -0.15) is 0 Å². The highest BCUT2D eigenvalue weighted by Gasteiger charge is 2.01. The van der Waals surface area contributed by atoms with E-state index >= 15 is 0 Å². The van der Waals surface area contributed by atoms with Crippen LogP contribution in [0, 0.1) is 5.92 Å². The molecule has 110 valence electrons. The number of hydrogen-bond donors (Lipinski definition) is 0. The van der Waals surface area contributed by atoms with E-state index in [-0.39, 0.29) is 0 Å². The Labute approximate surface area is 119 Å². The van der Waals surface area contributed by atoms with Crippen LogP contribution >= 0.6 is 0 Å². The zero-order chi connectivity index (χ0) is 13.9. The fraction of sp³-hybridized carbons (Fsp3) is 0.824. The minimum Gasteiger partial charge on any atom is -0.237 e. The van der Waals surface area contributed by atoms with E-state index in [0.29, 0.717) is 0 Å². The quantitative estimate of drug-likeness (QED) is 0.409. The van der Waals surface area contributed by atoms with Gasteiger partial charge in [0.25, 0.3) is 0 Å². The molecule has 0 atom stereocenters. The smallest absolute Gasteiger partial charge is 0.237 e. The number of hydrogen-bond acceptors (Lipinski definition) is 0. The van der Waals surface area contributed by atoms with E-state index in [1.54, 1.807) is 0 Å². The molecule has 19 heavy (non-hydrogen) atoms. The summed E-state index contributed by atoms with van der Waals surface area (Å²) in [6, 6.07) is 0. The number of imidazole rings is 1. The van der Waals surface area contributed by atoms with Crippen molar-refractivity contribution in [2.75, 3.05) is 0 Å². The molecular formula is C17H33N2+. The Balaban J connectivity index is 1.88. The SMILES string of the molecule is CCn1cc[n+](CCCCCCCCCC(C)C)c1. The summed E-state index contributed by atoms with van der Waals surface area (Å²) in [5.74, 6) is 0.882. The number of rotatable bonds is 11. The lowest BCUT2D eigenvalue weighted by Gasteiger charge is -2.04. The third kappa shape index (κ3) is 8.07. The van der Waals surface area contributed by atoms with Crippen LogP contribution < -0.4 is 4.57 Å². The van der Waals surface area contributed by atoms with Crippen molar-refractivity contribution in [1.82, 2.24) is 4.57 Å². The first-order chi connectivity index (χ1) is 9.22. The molecule has 0 radical (unpaired) electrons. The molecule has 0 fully saturated rings. The van der Waals surface area contributed by atoms with Crippen molar-refractivity contribution >= 4 is 0 Å². The van der Waals surface area contributed by atoms with Gasteiger partial charge in [-0.15, -0.1) is 0 Å². The van der Waals surface area contributed by atoms with Crippen molar-refractivity contribution in [3.05, 3.63) is 18.7 Å². The molecule has 0 amide bonds. The molecular weight excluding hydrogens is 232 g/mol. The molecule has 0 aliphatic rings. The van der Waals surface area contributed by atoms with Gasteiger partial charge in [0.05, 0.1) is 13.1 Å². The topological polar surface area (TPSA) is 8.81 Å². The van der Waals surface area contributed by atoms with Crippen LogP contribution in [0.2, 0.25) is 0 Å². The van der Waals surface area contributed by atoms with E-state index in [9.17, 15) is 0 Å². The van der Waals surface area contributed by atoms with Crippen molar-refractivity contribution in [1.29, 1.82) is 0 Å². The van der Waals surface area contributed by atoms with Crippen LogP contribution in [0.15, 0.2) is 18.7 Å². The Morgan fingerprint density at radius 2 is 1.58 bits per heavy atom. The van der Waals surface area contributed by atoms with Gasteiger partial charge in [0.15, 0.2) is 0 Å². The fourth-order valence-electron chi connectivity index (χ4n) is 2.49. The summed E-state index contributed by atoms with van der Waals surface area (Å²) < 4.78 is 4.54. The molecule has 2 nitrogen and oxygen atoms in total. The number of aromatic nitrogens is 2. The van der Waals surface area contributed by atoms with Crippen LogP contribution in [-0.4, -0.2) is 4.57 Å². The summed E-state index contributed by atoms with van der Waals surface area (Å²) in [4.78, 5) is 0. The Hall–Kier alpha value is -0.790. The van der Waals surface area contributed by atoms with Gasteiger partial charge >= 0.3 is 0 Å². The third-order valence-electron chi connectivity index (χ3n) is 3.81. The van der Waals surface area contributed by atoms with Crippen molar-refractivity contribution in [2.45, 2.75) is 85.2 Å². The van der Waals surface area contributed by atoms with Crippen LogP contribution in [0.3, 0.4) is 0 Å². The minimum atomic E-state index is 0.882. The molecule has 0 aromatic carbocycles. The van der Waals surface area contributed by atoms with Crippen molar-refractivity contribution in [3.8, 4) is 0 Å². The summed E-state index contributed by atoms with van der Waals surface area (Å²) in [7, 11) is 0. The molecule has 0 aliphatic heterocycles. The maximum Gasteiger partial charge on any atom is 0.243 e. The van der Waals surface area contributed by atoms with Crippen molar-refractivity contribution in [3.63, 3.8) is 0 Å². The molecule has 1 aromatic heterocycles. The molecule has 0 unspecified atom stereocenters. The highest BCUT2D eigenvalue weighted by atomic mass is 15.1. The van der Waals surface area contributed by atoms with E-state index in [1.807, 2.05) is 0 Å². The highest BCUT2D eigenvalue weighted by molar-refractivity contribution is 4.64. The van der Waals surface area contributed by atoms with Gasteiger partial charge in [-0.1, -0.05) is 52.4 Å². The maximum atomic E-state index is 2.32. The molecule has 1 rings (SSSR count). The van der Waals surface area contributed by atoms with Crippen LogP contribution in [0.5, 0.6) is 0 Å². The lowest BCUT2D eigenvalue weighted by molar-refractivity contribution is -0.696. The summed E-state index contributed by atoms with van der Waals surface area (Å²) >= 11 is 0. The van der Waals surface area contributed by atoms with Gasteiger partial charge in [0.2, 0.25) is 6.33 Å².